The van der Waals surface area contributed by atoms with Gasteiger partial charge in [-0.25, -0.2) is 4.39 Å². The summed E-state index contributed by atoms with van der Waals surface area (Å²) in [5, 5.41) is 16.9. The van der Waals surface area contributed by atoms with Crippen molar-refractivity contribution in [2.24, 2.45) is 5.73 Å². The number of aromatic amines is 1. The van der Waals surface area contributed by atoms with Gasteiger partial charge in [0.15, 0.2) is 0 Å². The van der Waals surface area contributed by atoms with Gasteiger partial charge in [0.25, 0.3) is 0 Å². The third kappa shape index (κ3) is 2.95. The van der Waals surface area contributed by atoms with Gasteiger partial charge in [0.05, 0.1) is 23.8 Å². The zero-order valence-electron chi connectivity index (χ0n) is 15.1. The van der Waals surface area contributed by atoms with Crippen molar-refractivity contribution in [3.63, 3.8) is 0 Å². The molecule has 0 saturated carbocycles. The fourth-order valence-electron chi connectivity index (χ4n) is 3.34. The van der Waals surface area contributed by atoms with E-state index in [1.807, 2.05) is 31.2 Å². The zero-order valence-corrected chi connectivity index (χ0v) is 15.1. The van der Waals surface area contributed by atoms with Gasteiger partial charge < -0.3 is 15.2 Å². The van der Waals surface area contributed by atoms with Crippen LogP contribution < -0.4 is 15.2 Å². The number of nitriles is 1. The summed E-state index contributed by atoms with van der Waals surface area (Å²) < 4.78 is 24.5. The standard InChI is InChI=1S/C21H17FN4O2/c1-2-27-15-9-5-13(6-10-15)19-18-17(12-3-7-14(22)8-4-12)16(11-23)20(24)28-21(18)26-25-19/h3-10,17H,2,24H2,1H3,(H,25,26). The van der Waals surface area contributed by atoms with Crippen LogP contribution in [0.1, 0.15) is 24.0 Å². The predicted molar refractivity (Wildman–Crippen MR) is 101 cm³/mol. The van der Waals surface area contributed by atoms with E-state index in [2.05, 4.69) is 16.3 Å². The molecular formula is C21H17FN4O2. The second-order valence-electron chi connectivity index (χ2n) is 6.25. The second kappa shape index (κ2) is 7.08. The monoisotopic (exact) mass is 376 g/mol. The molecule has 1 aliphatic heterocycles. The molecule has 7 heteroatoms. The highest BCUT2D eigenvalue weighted by molar-refractivity contribution is 5.71. The molecule has 1 aromatic heterocycles. The minimum Gasteiger partial charge on any atom is -0.494 e. The van der Waals surface area contributed by atoms with Crippen LogP contribution in [0.2, 0.25) is 0 Å². The number of hydrogen-bond donors (Lipinski definition) is 2. The minimum atomic E-state index is -0.519. The van der Waals surface area contributed by atoms with E-state index >= 15 is 0 Å². The van der Waals surface area contributed by atoms with Gasteiger partial charge in [-0.15, -0.1) is 5.10 Å². The van der Waals surface area contributed by atoms with Gasteiger partial charge in [-0.05, 0) is 48.9 Å². The Morgan fingerprint density at radius 2 is 1.93 bits per heavy atom. The number of nitrogens with two attached hydrogens (primary N) is 1. The number of nitrogens with zero attached hydrogens (tertiary/aromatic N) is 2. The highest BCUT2D eigenvalue weighted by Crippen LogP contribution is 2.45. The number of fused-ring (bicyclic) bond motifs is 1. The normalized spacial score (nSPS) is 15.5. The van der Waals surface area contributed by atoms with E-state index in [4.69, 9.17) is 15.2 Å². The maximum absolute atomic E-state index is 13.4. The third-order valence-electron chi connectivity index (χ3n) is 4.60. The van der Waals surface area contributed by atoms with Gasteiger partial charge in [0.1, 0.15) is 23.2 Å². The molecule has 0 spiro atoms. The smallest absolute Gasteiger partial charge is 0.244 e. The number of allylic oxidation sites excluding steroid dienone is 1. The lowest BCUT2D eigenvalue weighted by Gasteiger charge is -2.24. The SMILES string of the molecule is CCOc1ccc(-c2[nH]nc3c2C(c2ccc(F)cc2)C(C#N)=C(N)O3)cc1. The minimum absolute atomic E-state index is 0.00549. The number of ether oxygens (including phenoxy) is 2. The number of hydrogen-bond acceptors (Lipinski definition) is 5. The van der Waals surface area contributed by atoms with Crippen LogP contribution in [0.25, 0.3) is 11.3 Å². The average Bonchev–Trinajstić information content (AvgIpc) is 3.12. The number of aromatic nitrogens is 2. The van der Waals surface area contributed by atoms with Crippen molar-refractivity contribution in [2.75, 3.05) is 6.61 Å². The van der Waals surface area contributed by atoms with Crippen LogP contribution in [0.5, 0.6) is 11.6 Å². The summed E-state index contributed by atoms with van der Waals surface area (Å²) in [4.78, 5) is 0. The molecule has 0 amide bonds. The van der Waals surface area contributed by atoms with Gasteiger partial charge in [0, 0.05) is 5.56 Å². The molecule has 2 aromatic carbocycles. The van der Waals surface area contributed by atoms with Crippen LogP contribution in [-0.4, -0.2) is 16.8 Å². The zero-order chi connectivity index (χ0) is 19.7. The quantitative estimate of drug-likeness (QED) is 0.721. The first-order valence-electron chi connectivity index (χ1n) is 8.77. The van der Waals surface area contributed by atoms with E-state index in [0.717, 1.165) is 16.9 Å². The van der Waals surface area contributed by atoms with E-state index in [0.29, 0.717) is 23.7 Å². The summed E-state index contributed by atoms with van der Waals surface area (Å²) in [6.07, 6.45) is 0. The number of halogens is 1. The Kier molecular flexibility index (Phi) is 4.45. The predicted octanol–water partition coefficient (Wildman–Crippen LogP) is 3.83. The molecule has 0 fully saturated rings. The molecule has 1 atom stereocenters. The number of H-pyrrole nitrogens is 1. The van der Waals surface area contributed by atoms with Crippen LogP contribution >= 0.6 is 0 Å². The summed E-state index contributed by atoms with van der Waals surface area (Å²) in [6, 6.07) is 15.6. The summed E-state index contributed by atoms with van der Waals surface area (Å²) in [6.45, 7) is 2.50. The number of nitrogens with one attached hydrogen (secondary N) is 1. The first kappa shape index (κ1) is 17.6. The van der Waals surface area contributed by atoms with Gasteiger partial charge in [0.2, 0.25) is 11.8 Å². The molecule has 1 aliphatic rings. The summed E-state index contributed by atoms with van der Waals surface area (Å²) in [5.41, 5.74) is 9.17. The topological polar surface area (TPSA) is 97.0 Å². The molecule has 0 saturated heterocycles. The molecule has 1 unspecified atom stereocenters. The molecule has 6 nitrogen and oxygen atoms in total. The number of benzene rings is 2. The third-order valence-corrected chi connectivity index (χ3v) is 4.60. The summed E-state index contributed by atoms with van der Waals surface area (Å²) in [5.74, 6) is 0.177. The molecule has 140 valence electrons. The number of rotatable bonds is 4. The van der Waals surface area contributed by atoms with Crippen LogP contribution in [0.15, 0.2) is 60.0 Å². The molecule has 4 rings (SSSR count). The van der Waals surface area contributed by atoms with Crippen LogP contribution in [0, 0.1) is 17.1 Å². The molecule has 3 aromatic rings. The summed E-state index contributed by atoms with van der Waals surface area (Å²) in [7, 11) is 0. The maximum Gasteiger partial charge on any atom is 0.244 e. The molecule has 0 radical (unpaired) electrons. The van der Waals surface area contributed by atoms with Crippen molar-refractivity contribution < 1.29 is 13.9 Å². The lowest BCUT2D eigenvalue weighted by atomic mass is 9.83. The van der Waals surface area contributed by atoms with Gasteiger partial charge in [-0.3, -0.25) is 5.10 Å². The van der Waals surface area contributed by atoms with Crippen LogP contribution in [0.3, 0.4) is 0 Å². The van der Waals surface area contributed by atoms with E-state index < -0.39 is 5.92 Å². The van der Waals surface area contributed by atoms with E-state index in [1.54, 1.807) is 12.1 Å². The Bertz CT molecular complexity index is 1080. The first-order valence-corrected chi connectivity index (χ1v) is 8.77. The molecule has 0 aliphatic carbocycles. The van der Waals surface area contributed by atoms with Crippen molar-refractivity contribution >= 4 is 0 Å². The van der Waals surface area contributed by atoms with Crippen molar-refractivity contribution in [1.82, 2.24) is 10.2 Å². The van der Waals surface area contributed by atoms with Crippen molar-refractivity contribution in [3.05, 3.63) is 76.9 Å². The van der Waals surface area contributed by atoms with Gasteiger partial charge in [-0.1, -0.05) is 12.1 Å². The second-order valence-corrected chi connectivity index (χ2v) is 6.25. The van der Waals surface area contributed by atoms with Crippen molar-refractivity contribution in [3.8, 4) is 29.0 Å². The van der Waals surface area contributed by atoms with Crippen molar-refractivity contribution in [2.45, 2.75) is 12.8 Å². The van der Waals surface area contributed by atoms with Crippen molar-refractivity contribution in [1.29, 1.82) is 5.26 Å². The maximum atomic E-state index is 13.4. The first-order chi connectivity index (χ1) is 13.6. The highest BCUT2D eigenvalue weighted by atomic mass is 19.1. The molecular weight excluding hydrogens is 359 g/mol. The Morgan fingerprint density at radius 3 is 2.57 bits per heavy atom. The van der Waals surface area contributed by atoms with E-state index in [9.17, 15) is 9.65 Å². The highest BCUT2D eigenvalue weighted by Gasteiger charge is 2.35. The fourth-order valence-corrected chi connectivity index (χ4v) is 3.34. The Hall–Kier alpha value is -3.79. The largest absolute Gasteiger partial charge is 0.494 e. The lowest BCUT2D eigenvalue weighted by molar-refractivity contribution is 0.340. The Labute approximate surface area is 161 Å². The van der Waals surface area contributed by atoms with Gasteiger partial charge in [-0.2, -0.15) is 5.26 Å². The molecule has 2 heterocycles. The molecule has 3 N–H and O–H groups in total. The Morgan fingerprint density at radius 1 is 1.21 bits per heavy atom. The van der Waals surface area contributed by atoms with Crippen LogP contribution in [-0.2, 0) is 0 Å². The lowest BCUT2D eigenvalue weighted by Crippen LogP contribution is -2.21. The summed E-state index contributed by atoms with van der Waals surface area (Å²) >= 11 is 0. The Balaban J connectivity index is 1.85. The van der Waals surface area contributed by atoms with Crippen LogP contribution in [0.4, 0.5) is 4.39 Å². The molecule has 28 heavy (non-hydrogen) atoms. The van der Waals surface area contributed by atoms with E-state index in [-0.39, 0.29) is 17.3 Å². The van der Waals surface area contributed by atoms with Gasteiger partial charge >= 0.3 is 0 Å². The van der Waals surface area contributed by atoms with E-state index in [1.165, 1.54) is 12.1 Å². The molecule has 0 bridgehead atoms. The average molecular weight is 376 g/mol. The fraction of sp³-hybridized carbons (Fsp3) is 0.143.